The molecule has 0 spiro atoms. The fraction of sp³-hybridized carbons (Fsp3) is 0.412. The number of nitrogens with zero attached hydrogens (tertiary/aromatic N) is 1. The number of hydrogen-bond donors (Lipinski definition) is 0. The number of esters is 1. The Balaban J connectivity index is 2.91. The molecule has 26 heavy (non-hydrogen) atoms. The Morgan fingerprint density at radius 2 is 1.88 bits per heavy atom. The molecule has 0 aliphatic carbocycles. The summed E-state index contributed by atoms with van der Waals surface area (Å²) in [6.07, 6.45) is 0. The van der Waals surface area contributed by atoms with E-state index in [0.29, 0.717) is 22.1 Å². The molecule has 1 amide bonds. The molecule has 0 radical (unpaired) electrons. The maximum Gasteiger partial charge on any atom is 0.333 e. The van der Waals surface area contributed by atoms with E-state index in [1.807, 2.05) is 0 Å². The minimum atomic E-state index is -2.43. The summed E-state index contributed by atoms with van der Waals surface area (Å²) in [6, 6.07) is 5.91. The van der Waals surface area contributed by atoms with Crippen molar-refractivity contribution in [2.24, 2.45) is 0 Å². The molecule has 144 valence electrons. The SMILES string of the molecule is C=C(C)C(C(=O)OCc1ccc(OC)cc1)N(C(C)=O)C(C)SS(=O)[O-]. The number of carbonyl (C=O) groups is 2. The smallest absolute Gasteiger partial charge is 0.333 e. The largest absolute Gasteiger partial charge is 0.763 e. The van der Waals surface area contributed by atoms with Crippen molar-refractivity contribution in [3.8, 4) is 5.75 Å². The number of amides is 1. The van der Waals surface area contributed by atoms with Gasteiger partial charge in [-0.25, -0.2) is 4.79 Å². The molecule has 0 aromatic heterocycles. The van der Waals surface area contributed by atoms with E-state index >= 15 is 0 Å². The first-order valence-corrected chi connectivity index (χ1v) is 10.1. The summed E-state index contributed by atoms with van der Waals surface area (Å²) in [7, 11) is -0.349. The van der Waals surface area contributed by atoms with Gasteiger partial charge in [-0.1, -0.05) is 29.5 Å². The molecule has 3 unspecified atom stereocenters. The molecule has 0 fully saturated rings. The second-order valence-electron chi connectivity index (χ2n) is 5.53. The van der Waals surface area contributed by atoms with Crippen molar-refractivity contribution in [2.75, 3.05) is 7.11 Å². The summed E-state index contributed by atoms with van der Waals surface area (Å²) < 4.78 is 32.3. The molecule has 0 aliphatic heterocycles. The fourth-order valence-electron chi connectivity index (χ4n) is 2.32. The van der Waals surface area contributed by atoms with Gasteiger partial charge >= 0.3 is 5.97 Å². The second-order valence-corrected chi connectivity index (χ2v) is 8.21. The summed E-state index contributed by atoms with van der Waals surface area (Å²) in [4.78, 5) is 25.7. The lowest BCUT2D eigenvalue weighted by molar-refractivity contribution is -0.154. The van der Waals surface area contributed by atoms with Crippen molar-refractivity contribution >= 4 is 32.8 Å². The zero-order valence-electron chi connectivity index (χ0n) is 15.1. The lowest BCUT2D eigenvalue weighted by Crippen LogP contribution is -2.49. The minimum absolute atomic E-state index is 0.00730. The van der Waals surface area contributed by atoms with Crippen LogP contribution in [0.15, 0.2) is 36.4 Å². The third-order valence-corrected chi connectivity index (χ3v) is 5.45. The minimum Gasteiger partial charge on any atom is -0.763 e. The van der Waals surface area contributed by atoms with E-state index in [9.17, 15) is 18.4 Å². The van der Waals surface area contributed by atoms with Gasteiger partial charge in [0.05, 0.1) is 12.5 Å². The quantitative estimate of drug-likeness (QED) is 0.206. The van der Waals surface area contributed by atoms with E-state index in [0.717, 1.165) is 10.5 Å². The molecule has 1 aromatic rings. The number of benzene rings is 1. The van der Waals surface area contributed by atoms with Gasteiger partial charge in [0.15, 0.2) is 6.04 Å². The molecule has 0 saturated heterocycles. The Morgan fingerprint density at radius 3 is 2.31 bits per heavy atom. The molecular weight excluding hydrogens is 378 g/mol. The highest BCUT2D eigenvalue weighted by Gasteiger charge is 2.34. The van der Waals surface area contributed by atoms with Gasteiger partial charge in [-0.05, 0) is 37.1 Å². The van der Waals surface area contributed by atoms with E-state index in [2.05, 4.69) is 6.58 Å². The van der Waals surface area contributed by atoms with E-state index in [-0.39, 0.29) is 6.61 Å². The highest BCUT2D eigenvalue weighted by molar-refractivity contribution is 8.67. The third-order valence-electron chi connectivity index (χ3n) is 3.48. The number of ether oxygens (including phenoxy) is 2. The van der Waals surface area contributed by atoms with Crippen LogP contribution < -0.4 is 4.74 Å². The summed E-state index contributed by atoms with van der Waals surface area (Å²) in [5, 5.41) is -0.777. The highest BCUT2D eigenvalue weighted by Crippen LogP contribution is 2.24. The molecule has 0 saturated carbocycles. The predicted octanol–water partition coefficient (Wildman–Crippen LogP) is 2.40. The maximum absolute atomic E-state index is 12.6. The lowest BCUT2D eigenvalue weighted by Gasteiger charge is -2.34. The van der Waals surface area contributed by atoms with Crippen LogP contribution in [-0.2, 0) is 31.0 Å². The molecule has 1 rings (SSSR count). The first-order chi connectivity index (χ1) is 12.2. The van der Waals surface area contributed by atoms with Gasteiger partial charge in [0.1, 0.15) is 12.4 Å². The van der Waals surface area contributed by atoms with Gasteiger partial charge in [0, 0.05) is 17.0 Å². The number of methoxy groups -OCH3 is 1. The first kappa shape index (κ1) is 22.2. The number of carbonyl (C=O) groups excluding carboxylic acids is 2. The zero-order valence-corrected chi connectivity index (χ0v) is 16.7. The van der Waals surface area contributed by atoms with Crippen molar-refractivity contribution in [1.82, 2.24) is 4.90 Å². The monoisotopic (exact) mass is 400 g/mol. The van der Waals surface area contributed by atoms with Crippen LogP contribution in [0.1, 0.15) is 26.3 Å². The van der Waals surface area contributed by atoms with Crippen LogP contribution in [0.5, 0.6) is 5.75 Å². The van der Waals surface area contributed by atoms with Gasteiger partial charge in [0.2, 0.25) is 5.91 Å². The number of rotatable bonds is 9. The highest BCUT2D eigenvalue weighted by atomic mass is 33.1. The van der Waals surface area contributed by atoms with E-state index in [4.69, 9.17) is 9.47 Å². The topological polar surface area (TPSA) is 96.0 Å². The summed E-state index contributed by atoms with van der Waals surface area (Å²) in [5.74, 6) is -0.448. The van der Waals surface area contributed by atoms with Crippen LogP contribution in [-0.4, -0.2) is 44.1 Å². The van der Waals surface area contributed by atoms with Gasteiger partial charge in [-0.15, -0.1) is 0 Å². The van der Waals surface area contributed by atoms with Crippen molar-refractivity contribution in [3.05, 3.63) is 42.0 Å². The van der Waals surface area contributed by atoms with Gasteiger partial charge in [-0.3, -0.25) is 9.00 Å². The van der Waals surface area contributed by atoms with Crippen molar-refractivity contribution in [3.63, 3.8) is 0 Å². The Bertz CT molecular complexity index is 676. The predicted molar refractivity (Wildman–Crippen MR) is 99.9 cm³/mol. The first-order valence-electron chi connectivity index (χ1n) is 7.67. The van der Waals surface area contributed by atoms with Gasteiger partial charge < -0.3 is 18.9 Å². The van der Waals surface area contributed by atoms with Crippen LogP contribution >= 0.6 is 10.8 Å². The third kappa shape index (κ3) is 6.47. The lowest BCUT2D eigenvalue weighted by atomic mass is 10.1. The van der Waals surface area contributed by atoms with Crippen molar-refractivity contribution in [1.29, 1.82) is 0 Å². The summed E-state index contributed by atoms with van der Waals surface area (Å²) >= 11 is 0. The van der Waals surface area contributed by atoms with E-state index in [1.165, 1.54) is 13.8 Å². The van der Waals surface area contributed by atoms with Gasteiger partial charge in [0.25, 0.3) is 0 Å². The van der Waals surface area contributed by atoms with Crippen LogP contribution in [0.4, 0.5) is 0 Å². The maximum atomic E-state index is 12.6. The summed E-state index contributed by atoms with van der Waals surface area (Å²) in [5.41, 5.74) is 1.13. The molecule has 3 atom stereocenters. The molecule has 1 aromatic carbocycles. The Hall–Kier alpha value is -1.84. The average Bonchev–Trinajstić information content (AvgIpc) is 2.56. The normalized spacial score (nSPS) is 14.0. The molecule has 0 bridgehead atoms. The van der Waals surface area contributed by atoms with Crippen LogP contribution in [0.2, 0.25) is 0 Å². The Morgan fingerprint density at radius 1 is 1.31 bits per heavy atom. The van der Waals surface area contributed by atoms with Crippen molar-refractivity contribution in [2.45, 2.75) is 38.8 Å². The molecule has 0 aliphatic rings. The van der Waals surface area contributed by atoms with E-state index in [1.54, 1.807) is 38.3 Å². The molecule has 0 heterocycles. The Kier molecular flexibility index (Phi) is 8.83. The van der Waals surface area contributed by atoms with Crippen LogP contribution in [0, 0.1) is 0 Å². The fourth-order valence-corrected chi connectivity index (χ4v) is 3.87. The molecule has 9 heteroatoms. The van der Waals surface area contributed by atoms with E-state index < -0.39 is 33.4 Å². The average molecular weight is 400 g/mol. The van der Waals surface area contributed by atoms with Crippen LogP contribution in [0.25, 0.3) is 0 Å². The zero-order chi connectivity index (χ0) is 19.9. The molecule has 0 N–H and O–H groups in total. The second kappa shape index (κ2) is 10.3. The number of hydrogen-bond acceptors (Lipinski definition) is 7. The molecule has 7 nitrogen and oxygen atoms in total. The van der Waals surface area contributed by atoms with Gasteiger partial charge in [-0.2, -0.15) is 0 Å². The molecular formula is C17H22NO6S2-. The Labute approximate surface area is 159 Å². The standard InChI is InChI=1S/C17H23NO6S2/c1-11(2)16(18(12(3)19)13(4)25-26(21)22)17(20)24-10-14-6-8-15(23-5)9-7-14/h6-9,13,16H,1,10H2,2-5H3,(H,21,22)/p-1. The van der Waals surface area contributed by atoms with Crippen molar-refractivity contribution < 1.29 is 27.8 Å². The summed E-state index contributed by atoms with van der Waals surface area (Å²) in [6.45, 7) is 8.12. The van der Waals surface area contributed by atoms with Crippen LogP contribution in [0.3, 0.4) is 0 Å².